The molecule has 0 saturated carbocycles. The van der Waals surface area contributed by atoms with Crippen molar-refractivity contribution in [2.24, 2.45) is 0 Å². The molecular formula is C15H21N5O5. The number of ketones is 1. The first-order valence-corrected chi connectivity index (χ1v) is 7.62. The predicted molar refractivity (Wildman–Crippen MR) is 85.4 cm³/mol. The van der Waals surface area contributed by atoms with Gasteiger partial charge in [-0.3, -0.25) is 9.59 Å². The predicted octanol–water partition coefficient (Wildman–Crippen LogP) is 0.184. The second-order valence-electron chi connectivity index (χ2n) is 5.39. The van der Waals surface area contributed by atoms with E-state index < -0.39 is 29.8 Å². The van der Waals surface area contributed by atoms with E-state index in [2.05, 4.69) is 20.1 Å². The van der Waals surface area contributed by atoms with Crippen LogP contribution >= 0.6 is 0 Å². The van der Waals surface area contributed by atoms with Crippen LogP contribution < -0.4 is 5.32 Å². The molecule has 0 bridgehead atoms. The van der Waals surface area contributed by atoms with Crippen molar-refractivity contribution in [3.05, 3.63) is 23.7 Å². The van der Waals surface area contributed by atoms with Gasteiger partial charge in [0.1, 0.15) is 11.9 Å². The van der Waals surface area contributed by atoms with Gasteiger partial charge < -0.3 is 25.3 Å². The second kappa shape index (κ2) is 10.1. The van der Waals surface area contributed by atoms with Crippen molar-refractivity contribution in [3.63, 3.8) is 0 Å². The van der Waals surface area contributed by atoms with Crippen LogP contribution in [0.25, 0.3) is 5.53 Å². The Labute approximate surface area is 144 Å². The number of Topliss-reactive ketones (excluding diaryl/α,β-unsaturated/α-hetero) is 1. The van der Waals surface area contributed by atoms with Crippen LogP contribution in [0.2, 0.25) is 0 Å². The monoisotopic (exact) mass is 351 g/mol. The Hall–Kier alpha value is -2.84. The van der Waals surface area contributed by atoms with Crippen LogP contribution in [-0.2, 0) is 23.9 Å². The smallest absolute Gasteiger partial charge is 0.328 e. The van der Waals surface area contributed by atoms with E-state index in [1.807, 2.05) is 0 Å². The number of amides is 1. The Kier molecular flexibility index (Phi) is 8.17. The van der Waals surface area contributed by atoms with Crippen LogP contribution in [0.15, 0.2) is 12.4 Å². The molecular weight excluding hydrogens is 330 g/mol. The molecule has 0 spiro atoms. The fraction of sp³-hybridized carbons (Fsp3) is 0.533. The number of nitrogens with zero attached hydrogens (tertiary/aromatic N) is 3. The van der Waals surface area contributed by atoms with Crippen molar-refractivity contribution < 1.29 is 28.6 Å². The summed E-state index contributed by atoms with van der Waals surface area (Å²) in [5, 5.41) is 2.50. The molecule has 1 amide bonds. The quantitative estimate of drug-likeness (QED) is 0.266. The number of methoxy groups -OCH3 is 1. The minimum absolute atomic E-state index is 0.0171. The maximum absolute atomic E-state index is 12.4. The molecule has 1 aromatic rings. The van der Waals surface area contributed by atoms with Gasteiger partial charge in [0, 0.05) is 25.9 Å². The molecule has 0 radical (unpaired) electrons. The third-order valence-electron chi connectivity index (χ3n) is 3.08. The fourth-order valence-corrected chi connectivity index (χ4v) is 1.99. The highest BCUT2D eigenvalue weighted by atomic mass is 16.5. The highest BCUT2D eigenvalue weighted by Crippen LogP contribution is 2.13. The molecule has 0 unspecified atom stereocenters. The molecule has 25 heavy (non-hydrogen) atoms. The van der Waals surface area contributed by atoms with E-state index in [0.29, 0.717) is 0 Å². The third kappa shape index (κ3) is 6.66. The number of aromatic amines is 1. The Bertz CT molecular complexity index is 637. The zero-order chi connectivity index (χ0) is 18.8. The van der Waals surface area contributed by atoms with Gasteiger partial charge in [-0.1, -0.05) is 0 Å². The average Bonchev–Trinajstić information content (AvgIpc) is 3.05. The number of hydrogen-bond acceptors (Lipinski definition) is 6. The van der Waals surface area contributed by atoms with E-state index >= 15 is 0 Å². The number of esters is 1. The summed E-state index contributed by atoms with van der Waals surface area (Å²) in [6, 6.07) is -1.06. The van der Waals surface area contributed by atoms with Crippen molar-refractivity contribution in [2.75, 3.05) is 7.11 Å². The lowest BCUT2D eigenvalue weighted by atomic mass is 10.1. The molecule has 1 rings (SSSR count). The molecule has 0 aliphatic carbocycles. The Morgan fingerprint density at radius 2 is 2.16 bits per heavy atom. The van der Waals surface area contributed by atoms with E-state index in [9.17, 15) is 14.4 Å². The maximum atomic E-state index is 12.4. The molecule has 10 nitrogen and oxygen atoms in total. The molecule has 2 atom stereocenters. The lowest BCUT2D eigenvalue weighted by Crippen LogP contribution is -2.45. The van der Waals surface area contributed by atoms with Gasteiger partial charge in [0.15, 0.2) is 6.10 Å². The molecule has 0 aromatic carbocycles. The van der Waals surface area contributed by atoms with E-state index in [1.165, 1.54) is 19.5 Å². The van der Waals surface area contributed by atoms with Gasteiger partial charge in [-0.2, -0.15) is 4.79 Å². The van der Waals surface area contributed by atoms with Crippen LogP contribution in [0.1, 0.15) is 38.6 Å². The largest absolute Gasteiger partial charge is 0.461 e. The first kappa shape index (κ1) is 20.2. The molecule has 0 fully saturated rings. The van der Waals surface area contributed by atoms with Crippen molar-refractivity contribution in [2.45, 2.75) is 44.9 Å². The van der Waals surface area contributed by atoms with Gasteiger partial charge in [0.05, 0.1) is 6.10 Å². The van der Waals surface area contributed by atoms with Crippen LogP contribution in [0.4, 0.5) is 0 Å². The Morgan fingerprint density at radius 3 is 2.68 bits per heavy atom. The number of hydrogen-bond donors (Lipinski definition) is 2. The summed E-state index contributed by atoms with van der Waals surface area (Å²) < 4.78 is 10.2. The highest BCUT2D eigenvalue weighted by Gasteiger charge is 2.29. The summed E-state index contributed by atoms with van der Waals surface area (Å²) in [6.45, 7) is 3.34. The van der Waals surface area contributed by atoms with Gasteiger partial charge in [0.2, 0.25) is 5.78 Å². The lowest BCUT2D eigenvalue weighted by Gasteiger charge is -2.21. The van der Waals surface area contributed by atoms with Crippen LogP contribution in [0.3, 0.4) is 0 Å². The minimum Gasteiger partial charge on any atom is -0.461 e. The van der Waals surface area contributed by atoms with Gasteiger partial charge in [-0.15, -0.1) is 0 Å². The summed E-state index contributed by atoms with van der Waals surface area (Å²) in [5.41, 5.74) is 8.35. The molecule has 10 heteroatoms. The third-order valence-corrected chi connectivity index (χ3v) is 3.08. The first-order valence-electron chi connectivity index (χ1n) is 7.62. The summed E-state index contributed by atoms with van der Waals surface area (Å²) in [7, 11) is 1.33. The number of imidazole rings is 1. The zero-order valence-corrected chi connectivity index (χ0v) is 14.3. The van der Waals surface area contributed by atoms with Crippen molar-refractivity contribution in [1.82, 2.24) is 15.3 Å². The number of rotatable bonds is 10. The fourth-order valence-electron chi connectivity index (χ4n) is 1.99. The van der Waals surface area contributed by atoms with Crippen molar-refractivity contribution in [1.29, 1.82) is 0 Å². The van der Waals surface area contributed by atoms with E-state index in [4.69, 9.17) is 15.0 Å². The van der Waals surface area contributed by atoms with Crippen molar-refractivity contribution in [3.8, 4) is 0 Å². The SMILES string of the molecule is CO[C@@H](C(=O)N[C@@H](CCC(=O)C=[N+]=[N-])C(=O)OC(C)C)c1ncc[nH]1. The zero-order valence-electron chi connectivity index (χ0n) is 14.3. The van der Waals surface area contributed by atoms with E-state index in [-0.39, 0.29) is 24.8 Å². The van der Waals surface area contributed by atoms with Gasteiger partial charge >= 0.3 is 12.2 Å². The molecule has 1 heterocycles. The summed E-state index contributed by atoms with van der Waals surface area (Å²) in [5.74, 6) is -1.49. The lowest BCUT2D eigenvalue weighted by molar-refractivity contribution is -0.153. The normalized spacial score (nSPS) is 12.8. The maximum Gasteiger partial charge on any atom is 0.328 e. The number of ether oxygens (including phenoxy) is 2. The number of carbonyl (C=O) groups is 3. The number of carbonyl (C=O) groups excluding carboxylic acids is 3. The van der Waals surface area contributed by atoms with Crippen LogP contribution in [-0.4, -0.2) is 57.9 Å². The number of H-pyrrole nitrogens is 1. The summed E-state index contributed by atoms with van der Waals surface area (Å²) in [6.07, 6.45) is 2.17. The van der Waals surface area contributed by atoms with E-state index in [0.717, 1.165) is 6.21 Å². The Morgan fingerprint density at radius 1 is 1.44 bits per heavy atom. The van der Waals surface area contributed by atoms with Crippen LogP contribution in [0.5, 0.6) is 0 Å². The summed E-state index contributed by atoms with van der Waals surface area (Å²) >= 11 is 0. The molecule has 136 valence electrons. The van der Waals surface area contributed by atoms with Gasteiger partial charge in [-0.05, 0) is 20.3 Å². The van der Waals surface area contributed by atoms with Gasteiger partial charge in [-0.25, -0.2) is 9.78 Å². The minimum atomic E-state index is -1.06. The molecule has 0 aliphatic rings. The highest BCUT2D eigenvalue weighted by molar-refractivity contribution is 6.25. The molecule has 0 aliphatic heterocycles. The number of nitrogens with one attached hydrogen (secondary N) is 2. The second-order valence-corrected chi connectivity index (χ2v) is 5.39. The number of aromatic nitrogens is 2. The molecule has 0 saturated heterocycles. The standard InChI is InChI=1S/C15H21N5O5/c1-9(2)25-15(23)11(5-4-10(21)8-19-16)20-14(22)12(24-3)13-17-6-7-18-13/h6-9,11-12H,4-5H2,1-3H3,(H,17,18)(H,20,22)/t11-,12+/m0/s1. The van der Waals surface area contributed by atoms with Crippen molar-refractivity contribution >= 4 is 23.9 Å². The van der Waals surface area contributed by atoms with E-state index in [1.54, 1.807) is 13.8 Å². The van der Waals surface area contributed by atoms with Crippen LogP contribution in [0, 0.1) is 0 Å². The molecule has 2 N–H and O–H groups in total. The average molecular weight is 351 g/mol. The summed E-state index contributed by atoms with van der Waals surface area (Å²) in [4.78, 5) is 45.3. The van der Waals surface area contributed by atoms with Gasteiger partial charge in [0.25, 0.3) is 5.91 Å². The Balaban J connectivity index is 2.83. The first-order chi connectivity index (χ1) is 11.9. The topological polar surface area (TPSA) is 147 Å². The molecule has 1 aromatic heterocycles.